The molecule has 3 aromatic rings. The second kappa shape index (κ2) is 9.51. The lowest BCUT2D eigenvalue weighted by Crippen LogP contribution is -2.34. The van der Waals surface area contributed by atoms with E-state index in [1.165, 1.54) is 0 Å². The minimum atomic E-state index is -0.394. The van der Waals surface area contributed by atoms with E-state index in [2.05, 4.69) is 15.5 Å². The summed E-state index contributed by atoms with van der Waals surface area (Å²) >= 11 is 0. The van der Waals surface area contributed by atoms with Gasteiger partial charge in [0, 0.05) is 17.8 Å². The van der Waals surface area contributed by atoms with Crippen LogP contribution < -0.4 is 10.1 Å². The average molecular weight is 436 g/mol. The number of aromatic nitrogens is 2. The Bertz CT molecular complexity index is 1080. The SMILES string of the molecule is CCOC(=O)c1ccc(NC(=O)N2CCCC2c2nc(-c3ccc(OC)cc3)no2)cc1. The predicted octanol–water partition coefficient (Wildman–Crippen LogP) is 4.29. The van der Waals surface area contributed by atoms with E-state index >= 15 is 0 Å². The quantitative estimate of drug-likeness (QED) is 0.574. The molecule has 2 amide bonds. The van der Waals surface area contributed by atoms with Crippen LogP contribution in [0, 0.1) is 0 Å². The Kier molecular flexibility index (Phi) is 6.34. The summed E-state index contributed by atoms with van der Waals surface area (Å²) < 4.78 is 15.6. The number of carbonyl (C=O) groups is 2. The zero-order chi connectivity index (χ0) is 22.5. The topological polar surface area (TPSA) is 107 Å². The number of amides is 2. The van der Waals surface area contributed by atoms with Crippen LogP contribution in [0.4, 0.5) is 10.5 Å². The normalized spacial score (nSPS) is 15.4. The van der Waals surface area contributed by atoms with Crippen molar-refractivity contribution in [3.63, 3.8) is 0 Å². The van der Waals surface area contributed by atoms with Crippen LogP contribution in [-0.2, 0) is 4.74 Å². The first-order chi connectivity index (χ1) is 15.6. The molecule has 4 rings (SSSR count). The van der Waals surface area contributed by atoms with Gasteiger partial charge in [0.15, 0.2) is 0 Å². The molecule has 0 aliphatic carbocycles. The fraction of sp³-hybridized carbons (Fsp3) is 0.304. The number of benzene rings is 2. The lowest BCUT2D eigenvalue weighted by Gasteiger charge is -2.22. The van der Waals surface area contributed by atoms with Crippen molar-refractivity contribution in [3.05, 3.63) is 60.0 Å². The van der Waals surface area contributed by atoms with Crippen LogP contribution in [0.2, 0.25) is 0 Å². The Hall–Kier alpha value is -3.88. The summed E-state index contributed by atoms with van der Waals surface area (Å²) in [5.74, 6) is 1.21. The maximum atomic E-state index is 12.9. The molecule has 9 nitrogen and oxygen atoms in total. The molecule has 1 saturated heterocycles. The molecular formula is C23H24N4O5. The number of likely N-dealkylation sites (tertiary alicyclic amines) is 1. The van der Waals surface area contributed by atoms with Gasteiger partial charge in [-0.25, -0.2) is 9.59 Å². The van der Waals surface area contributed by atoms with E-state index in [-0.39, 0.29) is 12.1 Å². The molecule has 1 aliphatic heterocycles. The molecule has 0 radical (unpaired) electrons. The number of methoxy groups -OCH3 is 1. The van der Waals surface area contributed by atoms with Crippen molar-refractivity contribution in [2.24, 2.45) is 0 Å². The predicted molar refractivity (Wildman–Crippen MR) is 116 cm³/mol. The number of nitrogens with zero attached hydrogens (tertiary/aromatic N) is 3. The number of nitrogens with one attached hydrogen (secondary N) is 1. The zero-order valence-electron chi connectivity index (χ0n) is 17.9. The summed E-state index contributed by atoms with van der Waals surface area (Å²) in [5.41, 5.74) is 1.82. The number of hydrogen-bond donors (Lipinski definition) is 1. The second-order valence-corrected chi connectivity index (χ2v) is 7.26. The molecule has 1 aromatic heterocycles. The molecule has 0 bridgehead atoms. The maximum absolute atomic E-state index is 12.9. The van der Waals surface area contributed by atoms with E-state index < -0.39 is 5.97 Å². The smallest absolute Gasteiger partial charge is 0.338 e. The van der Waals surface area contributed by atoms with Gasteiger partial charge >= 0.3 is 12.0 Å². The van der Waals surface area contributed by atoms with Crippen molar-refractivity contribution >= 4 is 17.7 Å². The van der Waals surface area contributed by atoms with E-state index in [9.17, 15) is 9.59 Å². The Balaban J connectivity index is 1.43. The summed E-state index contributed by atoms with van der Waals surface area (Å²) in [5, 5.41) is 6.94. The van der Waals surface area contributed by atoms with Gasteiger partial charge in [-0.15, -0.1) is 0 Å². The first-order valence-electron chi connectivity index (χ1n) is 10.4. The number of hydrogen-bond acceptors (Lipinski definition) is 7. The summed E-state index contributed by atoms with van der Waals surface area (Å²) in [6, 6.07) is 13.4. The molecule has 1 unspecified atom stereocenters. The van der Waals surface area contributed by atoms with Gasteiger partial charge < -0.3 is 24.2 Å². The molecule has 0 saturated carbocycles. The van der Waals surface area contributed by atoms with Crippen LogP contribution in [-0.4, -0.2) is 47.3 Å². The number of urea groups is 1. The third-order valence-corrected chi connectivity index (χ3v) is 5.24. The number of anilines is 1. The van der Waals surface area contributed by atoms with E-state index in [0.717, 1.165) is 24.2 Å². The highest BCUT2D eigenvalue weighted by Crippen LogP contribution is 2.32. The van der Waals surface area contributed by atoms with Gasteiger partial charge in [0.25, 0.3) is 0 Å². The maximum Gasteiger partial charge on any atom is 0.338 e. The van der Waals surface area contributed by atoms with Gasteiger partial charge in [0.1, 0.15) is 11.8 Å². The molecule has 9 heteroatoms. The third-order valence-electron chi connectivity index (χ3n) is 5.24. The largest absolute Gasteiger partial charge is 0.497 e. The molecule has 1 aliphatic rings. The van der Waals surface area contributed by atoms with Crippen LogP contribution in [0.25, 0.3) is 11.4 Å². The standard InChI is InChI=1S/C23H24N4O5/c1-3-31-22(28)16-6-10-17(11-7-16)24-23(29)27-14-4-5-19(27)21-25-20(26-32-21)15-8-12-18(30-2)13-9-15/h6-13,19H,3-5,14H2,1-2H3,(H,24,29). The van der Waals surface area contributed by atoms with Gasteiger partial charge in [-0.05, 0) is 68.3 Å². The number of esters is 1. The van der Waals surface area contributed by atoms with Gasteiger partial charge in [0.05, 0.1) is 19.3 Å². The van der Waals surface area contributed by atoms with Crippen LogP contribution in [0.3, 0.4) is 0 Å². The van der Waals surface area contributed by atoms with Crippen molar-refractivity contribution in [1.82, 2.24) is 15.0 Å². The lowest BCUT2D eigenvalue weighted by atomic mass is 10.2. The summed E-state index contributed by atoms with van der Waals surface area (Å²) in [6.07, 6.45) is 1.57. The minimum absolute atomic E-state index is 0.263. The van der Waals surface area contributed by atoms with Crippen LogP contribution >= 0.6 is 0 Å². The molecule has 1 N–H and O–H groups in total. The van der Waals surface area contributed by atoms with Gasteiger partial charge in [0.2, 0.25) is 11.7 Å². The highest BCUT2D eigenvalue weighted by atomic mass is 16.5. The molecule has 1 atom stereocenters. The monoisotopic (exact) mass is 436 g/mol. The first-order valence-corrected chi connectivity index (χ1v) is 10.4. The highest BCUT2D eigenvalue weighted by Gasteiger charge is 2.34. The van der Waals surface area contributed by atoms with E-state index in [1.807, 2.05) is 24.3 Å². The van der Waals surface area contributed by atoms with Crippen LogP contribution in [0.15, 0.2) is 53.1 Å². The fourth-order valence-corrected chi connectivity index (χ4v) is 3.59. The van der Waals surface area contributed by atoms with Gasteiger partial charge in [-0.2, -0.15) is 4.98 Å². The molecule has 0 spiro atoms. The zero-order valence-corrected chi connectivity index (χ0v) is 17.9. The van der Waals surface area contributed by atoms with Gasteiger partial charge in [-0.1, -0.05) is 5.16 Å². The Morgan fingerprint density at radius 3 is 2.59 bits per heavy atom. The van der Waals surface area contributed by atoms with Gasteiger partial charge in [-0.3, -0.25) is 0 Å². The number of ether oxygens (including phenoxy) is 2. The first kappa shape index (κ1) is 21.4. The molecular weight excluding hydrogens is 412 g/mol. The van der Waals surface area contributed by atoms with Crippen LogP contribution in [0.1, 0.15) is 42.1 Å². The van der Waals surface area contributed by atoms with E-state index in [0.29, 0.717) is 36.1 Å². The van der Waals surface area contributed by atoms with Crippen molar-refractivity contribution in [2.75, 3.05) is 25.6 Å². The lowest BCUT2D eigenvalue weighted by molar-refractivity contribution is 0.0526. The second-order valence-electron chi connectivity index (χ2n) is 7.26. The molecule has 166 valence electrons. The number of carbonyl (C=O) groups excluding carboxylic acids is 2. The average Bonchev–Trinajstić information content (AvgIpc) is 3.49. The third kappa shape index (κ3) is 4.56. The van der Waals surface area contributed by atoms with Crippen molar-refractivity contribution in [2.45, 2.75) is 25.8 Å². The van der Waals surface area contributed by atoms with Crippen LogP contribution in [0.5, 0.6) is 5.75 Å². The Labute approximate surface area is 185 Å². The molecule has 1 fully saturated rings. The summed E-state index contributed by atoms with van der Waals surface area (Å²) in [7, 11) is 1.61. The molecule has 2 heterocycles. The van der Waals surface area contributed by atoms with Crippen molar-refractivity contribution < 1.29 is 23.6 Å². The number of rotatable bonds is 6. The minimum Gasteiger partial charge on any atom is -0.497 e. The van der Waals surface area contributed by atoms with E-state index in [4.69, 9.17) is 14.0 Å². The summed E-state index contributed by atoms with van der Waals surface area (Å²) in [4.78, 5) is 30.9. The highest BCUT2D eigenvalue weighted by molar-refractivity contribution is 5.92. The summed E-state index contributed by atoms with van der Waals surface area (Å²) in [6.45, 7) is 2.64. The molecule has 2 aromatic carbocycles. The fourth-order valence-electron chi connectivity index (χ4n) is 3.59. The Morgan fingerprint density at radius 2 is 1.91 bits per heavy atom. The van der Waals surface area contributed by atoms with Crippen molar-refractivity contribution in [3.8, 4) is 17.1 Å². The van der Waals surface area contributed by atoms with Crippen molar-refractivity contribution in [1.29, 1.82) is 0 Å². The van der Waals surface area contributed by atoms with E-state index in [1.54, 1.807) is 43.2 Å². The molecule has 32 heavy (non-hydrogen) atoms. The Morgan fingerprint density at radius 1 is 1.16 bits per heavy atom.